The van der Waals surface area contributed by atoms with E-state index in [0.29, 0.717) is 53.8 Å². The lowest BCUT2D eigenvalue weighted by Gasteiger charge is -2.39. The predicted octanol–water partition coefficient (Wildman–Crippen LogP) is 4.92. The number of nitrogens with zero attached hydrogens (tertiary/aromatic N) is 3. The fourth-order valence-corrected chi connectivity index (χ4v) is 5.58. The molecule has 0 radical (unpaired) electrons. The molecule has 1 fully saturated rings. The van der Waals surface area contributed by atoms with E-state index in [1.54, 1.807) is 30.1 Å². The maximum absolute atomic E-state index is 13.6. The Hall–Kier alpha value is -2.67. The second-order valence-corrected chi connectivity index (χ2v) is 11.8. The quantitative estimate of drug-likeness (QED) is 0.345. The van der Waals surface area contributed by atoms with Gasteiger partial charge in [0.1, 0.15) is 6.10 Å². The SMILES string of the molecule is CN(C[C@@H](CCN1CC(OS(C)(=O)=O)C1)c1ccc(Cl)c(Cl)c1)C(=O)c1cc(C#N)cc2ccccc12. The van der Waals surface area contributed by atoms with Crippen LogP contribution in [-0.2, 0) is 14.3 Å². The molecule has 37 heavy (non-hydrogen) atoms. The first-order valence-corrected chi connectivity index (χ1v) is 14.3. The van der Waals surface area contributed by atoms with Gasteiger partial charge < -0.3 is 4.90 Å². The molecule has 0 saturated carbocycles. The Balaban J connectivity index is 1.52. The summed E-state index contributed by atoms with van der Waals surface area (Å²) in [7, 11) is -1.73. The number of benzene rings is 3. The van der Waals surface area contributed by atoms with Crippen LogP contribution in [0, 0.1) is 11.3 Å². The summed E-state index contributed by atoms with van der Waals surface area (Å²) in [4.78, 5) is 17.4. The van der Waals surface area contributed by atoms with E-state index in [-0.39, 0.29) is 17.9 Å². The van der Waals surface area contributed by atoms with Crippen molar-refractivity contribution in [1.29, 1.82) is 5.26 Å². The standard InChI is InChI=1S/C27H27Cl2N3O4S/c1-31(27(33)24-12-18(14-30)11-20-5-3-4-6-23(20)24)15-21(19-7-8-25(28)26(29)13-19)9-10-32-16-22(17-32)36-37(2,34)35/h3-8,11-13,21-22H,9-10,15-17H2,1-2H3/t21-/m1/s1. The summed E-state index contributed by atoms with van der Waals surface area (Å²) in [5.41, 5.74) is 1.86. The molecule has 1 aliphatic rings. The Kier molecular flexibility index (Phi) is 8.42. The zero-order chi connectivity index (χ0) is 26.7. The summed E-state index contributed by atoms with van der Waals surface area (Å²) >= 11 is 12.4. The van der Waals surface area contributed by atoms with Crippen LogP contribution in [-0.4, -0.2) is 69.7 Å². The summed E-state index contributed by atoms with van der Waals surface area (Å²) in [5, 5.41) is 12.0. The molecule has 1 amide bonds. The third-order valence-electron chi connectivity index (χ3n) is 6.51. The van der Waals surface area contributed by atoms with Crippen molar-refractivity contribution in [3.63, 3.8) is 0 Å². The van der Waals surface area contributed by atoms with E-state index in [1.165, 1.54) is 0 Å². The van der Waals surface area contributed by atoms with Gasteiger partial charge in [-0.1, -0.05) is 53.5 Å². The molecule has 10 heteroatoms. The zero-order valence-electron chi connectivity index (χ0n) is 20.5. The summed E-state index contributed by atoms with van der Waals surface area (Å²) in [6.07, 6.45) is 1.43. The molecule has 0 aliphatic carbocycles. The molecule has 194 valence electrons. The van der Waals surface area contributed by atoms with Gasteiger partial charge in [0.2, 0.25) is 0 Å². The molecule has 0 N–H and O–H groups in total. The fourth-order valence-electron chi connectivity index (χ4n) is 4.65. The molecule has 4 rings (SSSR count). The lowest BCUT2D eigenvalue weighted by Crippen LogP contribution is -2.53. The van der Waals surface area contributed by atoms with E-state index in [4.69, 9.17) is 27.4 Å². The molecule has 3 aromatic rings. The lowest BCUT2D eigenvalue weighted by atomic mass is 9.93. The molecule has 7 nitrogen and oxygen atoms in total. The minimum absolute atomic E-state index is 0.0518. The van der Waals surface area contributed by atoms with Crippen molar-refractivity contribution in [1.82, 2.24) is 9.80 Å². The molecule has 0 spiro atoms. The maximum Gasteiger partial charge on any atom is 0.264 e. The topological polar surface area (TPSA) is 90.7 Å². The molecule has 1 atom stereocenters. The van der Waals surface area contributed by atoms with Crippen LogP contribution in [0.1, 0.15) is 33.8 Å². The number of likely N-dealkylation sites (N-methyl/N-ethyl adjacent to an activating group) is 1. The van der Waals surface area contributed by atoms with Crippen LogP contribution in [0.5, 0.6) is 0 Å². The molecule has 0 aromatic heterocycles. The van der Waals surface area contributed by atoms with Crippen LogP contribution in [0.2, 0.25) is 10.0 Å². The third-order valence-corrected chi connectivity index (χ3v) is 7.87. The number of likely N-dealkylation sites (tertiary alicyclic amines) is 1. The number of fused-ring (bicyclic) bond motifs is 1. The fraction of sp³-hybridized carbons (Fsp3) is 0.333. The van der Waals surface area contributed by atoms with Crippen LogP contribution in [0.25, 0.3) is 10.8 Å². The number of nitriles is 1. The highest BCUT2D eigenvalue weighted by Crippen LogP contribution is 2.30. The van der Waals surface area contributed by atoms with Gasteiger partial charge in [0.05, 0.1) is 27.9 Å². The lowest BCUT2D eigenvalue weighted by molar-refractivity contribution is 0.0227. The summed E-state index contributed by atoms with van der Waals surface area (Å²) in [6, 6.07) is 18.6. The van der Waals surface area contributed by atoms with Crippen LogP contribution in [0.3, 0.4) is 0 Å². The smallest absolute Gasteiger partial charge is 0.264 e. The maximum atomic E-state index is 13.6. The van der Waals surface area contributed by atoms with Crippen molar-refractivity contribution in [2.45, 2.75) is 18.4 Å². The Morgan fingerprint density at radius 3 is 2.57 bits per heavy atom. The molecule has 1 saturated heterocycles. The van der Waals surface area contributed by atoms with Gasteiger partial charge in [0.25, 0.3) is 16.0 Å². The van der Waals surface area contributed by atoms with E-state index in [1.807, 2.05) is 36.4 Å². The summed E-state index contributed by atoms with van der Waals surface area (Å²) in [5.74, 6) is -0.229. The third kappa shape index (κ3) is 6.81. The molecular formula is C27H27Cl2N3O4S. The van der Waals surface area contributed by atoms with Gasteiger partial charge in [-0.15, -0.1) is 0 Å². The average molecular weight is 561 g/mol. The predicted molar refractivity (Wildman–Crippen MR) is 146 cm³/mol. The second-order valence-electron chi connectivity index (χ2n) is 9.38. The van der Waals surface area contributed by atoms with Crippen LogP contribution >= 0.6 is 23.2 Å². The van der Waals surface area contributed by atoms with Gasteiger partial charge >= 0.3 is 0 Å². The number of hydrogen-bond acceptors (Lipinski definition) is 6. The first-order valence-electron chi connectivity index (χ1n) is 11.8. The van der Waals surface area contributed by atoms with Crippen molar-refractivity contribution in [3.05, 3.63) is 81.3 Å². The van der Waals surface area contributed by atoms with Gasteiger partial charge in [0.15, 0.2) is 0 Å². The first-order chi connectivity index (χ1) is 17.5. The molecule has 1 heterocycles. The molecular weight excluding hydrogens is 533 g/mol. The van der Waals surface area contributed by atoms with E-state index >= 15 is 0 Å². The van der Waals surface area contributed by atoms with E-state index in [2.05, 4.69) is 11.0 Å². The molecule has 0 unspecified atom stereocenters. The van der Waals surface area contributed by atoms with Crippen molar-refractivity contribution >= 4 is 50.0 Å². The van der Waals surface area contributed by atoms with Crippen LogP contribution < -0.4 is 0 Å². The monoisotopic (exact) mass is 559 g/mol. The Morgan fingerprint density at radius 2 is 1.89 bits per heavy atom. The Morgan fingerprint density at radius 1 is 1.16 bits per heavy atom. The van der Waals surface area contributed by atoms with Crippen molar-refractivity contribution in [2.24, 2.45) is 0 Å². The number of halogens is 2. The molecule has 3 aromatic carbocycles. The number of rotatable bonds is 9. The van der Waals surface area contributed by atoms with Gasteiger partial charge in [-0.25, -0.2) is 0 Å². The number of amides is 1. The van der Waals surface area contributed by atoms with E-state index < -0.39 is 10.1 Å². The van der Waals surface area contributed by atoms with Gasteiger partial charge in [0, 0.05) is 38.2 Å². The van der Waals surface area contributed by atoms with Crippen molar-refractivity contribution in [2.75, 3.05) is 39.5 Å². The Bertz CT molecular complexity index is 1470. The molecule has 0 bridgehead atoms. The summed E-state index contributed by atoms with van der Waals surface area (Å²) in [6.45, 7) is 2.17. The normalized spacial score (nSPS) is 15.2. The Labute approximate surface area is 227 Å². The molecule has 1 aliphatic heterocycles. The second kappa shape index (κ2) is 11.4. The minimum atomic E-state index is -3.48. The average Bonchev–Trinajstić information content (AvgIpc) is 2.84. The van der Waals surface area contributed by atoms with Gasteiger partial charge in [-0.05, 0) is 53.6 Å². The first kappa shape index (κ1) is 27.4. The van der Waals surface area contributed by atoms with Crippen molar-refractivity contribution < 1.29 is 17.4 Å². The van der Waals surface area contributed by atoms with Crippen molar-refractivity contribution in [3.8, 4) is 6.07 Å². The minimum Gasteiger partial charge on any atom is -0.341 e. The summed E-state index contributed by atoms with van der Waals surface area (Å²) < 4.78 is 27.8. The zero-order valence-corrected chi connectivity index (χ0v) is 22.9. The largest absolute Gasteiger partial charge is 0.341 e. The highest BCUT2D eigenvalue weighted by molar-refractivity contribution is 7.86. The highest BCUT2D eigenvalue weighted by atomic mass is 35.5. The van der Waals surface area contributed by atoms with Gasteiger partial charge in [-0.2, -0.15) is 13.7 Å². The van der Waals surface area contributed by atoms with Crippen LogP contribution in [0.15, 0.2) is 54.6 Å². The van der Waals surface area contributed by atoms with E-state index in [0.717, 1.165) is 22.6 Å². The van der Waals surface area contributed by atoms with Gasteiger partial charge in [-0.3, -0.25) is 13.9 Å². The number of carbonyl (C=O) groups is 1. The number of carbonyl (C=O) groups excluding carboxylic acids is 1. The van der Waals surface area contributed by atoms with Crippen LogP contribution in [0.4, 0.5) is 0 Å². The van der Waals surface area contributed by atoms with E-state index in [9.17, 15) is 18.5 Å². The number of hydrogen-bond donors (Lipinski definition) is 0. The highest BCUT2D eigenvalue weighted by Gasteiger charge is 2.31.